The molecule has 5 nitrogen and oxygen atoms in total. The molecule has 1 aromatic carbocycles. The molecule has 116 valence electrons. The smallest absolute Gasteiger partial charge is 0.234 e. The molecule has 0 bridgehead atoms. The fraction of sp³-hybridized carbons (Fsp3) is 0.312. The van der Waals surface area contributed by atoms with Gasteiger partial charge in [-0.3, -0.25) is 10.2 Å². The van der Waals surface area contributed by atoms with Crippen LogP contribution in [0.15, 0.2) is 35.2 Å². The topological polar surface area (TPSA) is 75.3 Å². The van der Waals surface area contributed by atoms with E-state index >= 15 is 0 Å². The quantitative estimate of drug-likeness (QED) is 0.816. The number of nitrogens with one attached hydrogen (secondary N) is 2. The molecule has 0 aromatic heterocycles. The molecule has 2 unspecified atom stereocenters. The molecule has 1 aliphatic rings. The molecule has 0 aliphatic carbocycles. The van der Waals surface area contributed by atoms with Gasteiger partial charge in [-0.2, -0.15) is 0 Å². The monoisotopic (exact) mass is 318 g/mol. The third-order valence-electron chi connectivity index (χ3n) is 3.51. The summed E-state index contributed by atoms with van der Waals surface area (Å²) in [6, 6.07) is 6.66. The predicted octanol–water partition coefficient (Wildman–Crippen LogP) is 1.14. The average molecular weight is 318 g/mol. The summed E-state index contributed by atoms with van der Waals surface area (Å²) >= 11 is 0. The Morgan fingerprint density at radius 3 is 2.82 bits per heavy atom. The highest BCUT2D eigenvalue weighted by Gasteiger charge is 2.23. The van der Waals surface area contributed by atoms with Crippen molar-refractivity contribution in [3.8, 4) is 12.3 Å². The highest BCUT2D eigenvalue weighted by Crippen LogP contribution is 2.20. The Hall–Kier alpha value is -2.10. The summed E-state index contributed by atoms with van der Waals surface area (Å²) < 4.78 is 24.3. The van der Waals surface area contributed by atoms with Crippen LogP contribution < -0.4 is 10.9 Å². The molecule has 1 heterocycles. The van der Waals surface area contributed by atoms with Crippen LogP contribution in [0.25, 0.3) is 6.08 Å². The molecule has 2 atom stereocenters. The van der Waals surface area contributed by atoms with Gasteiger partial charge in [0.2, 0.25) is 5.91 Å². The highest BCUT2D eigenvalue weighted by atomic mass is 32.2. The van der Waals surface area contributed by atoms with E-state index in [2.05, 4.69) is 16.8 Å². The van der Waals surface area contributed by atoms with E-state index in [0.717, 1.165) is 0 Å². The van der Waals surface area contributed by atoms with Gasteiger partial charge in [-0.25, -0.2) is 13.8 Å². The van der Waals surface area contributed by atoms with Crippen LogP contribution in [-0.4, -0.2) is 26.1 Å². The van der Waals surface area contributed by atoms with Gasteiger partial charge in [-0.05, 0) is 17.5 Å². The lowest BCUT2D eigenvalue weighted by Gasteiger charge is -2.27. The Bertz CT molecular complexity index is 732. The number of hydrogen-bond donors (Lipinski definition) is 2. The fourth-order valence-corrected chi connectivity index (χ4v) is 3.47. The zero-order valence-electron chi connectivity index (χ0n) is 12.2. The second kappa shape index (κ2) is 6.77. The minimum absolute atomic E-state index is 0.0471. The lowest BCUT2D eigenvalue weighted by Crippen LogP contribution is -2.52. The maximum absolute atomic E-state index is 12.2. The van der Waals surface area contributed by atoms with Gasteiger partial charge >= 0.3 is 0 Å². The summed E-state index contributed by atoms with van der Waals surface area (Å²) in [5, 5.41) is 0. The van der Waals surface area contributed by atoms with Gasteiger partial charge in [-0.1, -0.05) is 43.2 Å². The van der Waals surface area contributed by atoms with Gasteiger partial charge in [-0.15, -0.1) is 6.42 Å². The SMILES string of the molecule is C#CCS(=O)(=O)c1ccccc1/C=C/C1NNC(=O)CC1C. The lowest BCUT2D eigenvalue weighted by atomic mass is 9.96. The molecule has 2 rings (SSSR count). The van der Waals surface area contributed by atoms with Crippen LogP contribution in [0, 0.1) is 18.3 Å². The summed E-state index contributed by atoms with van der Waals surface area (Å²) in [6.45, 7) is 1.96. The Morgan fingerprint density at radius 2 is 2.14 bits per heavy atom. The predicted molar refractivity (Wildman–Crippen MR) is 85.2 cm³/mol. The maximum Gasteiger partial charge on any atom is 0.234 e. The van der Waals surface area contributed by atoms with Gasteiger partial charge in [0.1, 0.15) is 5.75 Å². The highest BCUT2D eigenvalue weighted by molar-refractivity contribution is 7.91. The van der Waals surface area contributed by atoms with Crippen LogP contribution in [0.1, 0.15) is 18.9 Å². The van der Waals surface area contributed by atoms with Crippen molar-refractivity contribution >= 4 is 21.8 Å². The van der Waals surface area contributed by atoms with E-state index < -0.39 is 9.84 Å². The molecule has 0 saturated carbocycles. The minimum atomic E-state index is -3.49. The van der Waals surface area contributed by atoms with Crippen molar-refractivity contribution in [3.05, 3.63) is 35.9 Å². The number of sulfone groups is 1. The molecule has 0 radical (unpaired) electrons. The van der Waals surface area contributed by atoms with Crippen molar-refractivity contribution in [2.45, 2.75) is 24.3 Å². The first-order chi connectivity index (χ1) is 10.4. The van der Waals surface area contributed by atoms with Gasteiger partial charge in [0, 0.05) is 12.5 Å². The summed E-state index contributed by atoms with van der Waals surface area (Å²) in [5.74, 6) is 1.93. The molecule has 2 N–H and O–H groups in total. The number of carbonyl (C=O) groups excluding carboxylic acids is 1. The molecule has 1 aliphatic heterocycles. The summed E-state index contributed by atoms with van der Waals surface area (Å²) in [4.78, 5) is 11.5. The second-order valence-corrected chi connectivity index (χ2v) is 7.22. The fourth-order valence-electron chi connectivity index (χ4n) is 2.31. The maximum atomic E-state index is 12.2. The van der Waals surface area contributed by atoms with Crippen LogP contribution in [0.2, 0.25) is 0 Å². The van der Waals surface area contributed by atoms with Gasteiger partial charge in [0.05, 0.1) is 4.90 Å². The first-order valence-electron chi connectivity index (χ1n) is 6.92. The minimum Gasteiger partial charge on any atom is -0.291 e. The molecule has 22 heavy (non-hydrogen) atoms. The third kappa shape index (κ3) is 3.75. The number of benzene rings is 1. The van der Waals surface area contributed by atoms with Crippen LogP contribution in [0.3, 0.4) is 0 Å². The first kappa shape index (κ1) is 16.3. The van der Waals surface area contributed by atoms with E-state index in [1.165, 1.54) is 0 Å². The van der Waals surface area contributed by atoms with Crippen molar-refractivity contribution in [1.29, 1.82) is 0 Å². The molecule has 6 heteroatoms. The molecule has 1 saturated heterocycles. The van der Waals surface area contributed by atoms with E-state index in [1.54, 1.807) is 30.3 Å². The van der Waals surface area contributed by atoms with Crippen molar-refractivity contribution in [2.75, 3.05) is 5.75 Å². The van der Waals surface area contributed by atoms with Gasteiger partial charge < -0.3 is 0 Å². The van der Waals surface area contributed by atoms with Crippen molar-refractivity contribution in [1.82, 2.24) is 10.9 Å². The number of carbonyl (C=O) groups is 1. The zero-order valence-corrected chi connectivity index (χ0v) is 13.1. The van der Waals surface area contributed by atoms with Crippen molar-refractivity contribution in [2.24, 2.45) is 5.92 Å². The van der Waals surface area contributed by atoms with E-state index in [1.807, 2.05) is 13.0 Å². The van der Waals surface area contributed by atoms with Crippen LogP contribution in [-0.2, 0) is 14.6 Å². The zero-order chi connectivity index (χ0) is 16.2. The van der Waals surface area contributed by atoms with E-state index in [9.17, 15) is 13.2 Å². The van der Waals surface area contributed by atoms with Crippen molar-refractivity contribution < 1.29 is 13.2 Å². The van der Waals surface area contributed by atoms with Gasteiger partial charge in [0.25, 0.3) is 0 Å². The van der Waals surface area contributed by atoms with E-state index in [-0.39, 0.29) is 28.5 Å². The standard InChI is InChI=1S/C16H18N2O3S/c1-3-10-22(20,21)15-7-5-4-6-13(15)8-9-14-12(2)11-16(19)18-17-14/h1,4-9,12,14,17H,10-11H2,2H3,(H,18,19)/b9-8+. The first-order valence-corrected chi connectivity index (χ1v) is 8.57. The Balaban J connectivity index is 2.26. The lowest BCUT2D eigenvalue weighted by molar-refractivity contribution is -0.125. The summed E-state index contributed by atoms with van der Waals surface area (Å²) in [5.41, 5.74) is 6.07. The summed E-state index contributed by atoms with van der Waals surface area (Å²) in [7, 11) is -3.49. The number of amides is 1. The normalized spacial score (nSPS) is 22.3. The molecule has 0 spiro atoms. The molecule has 1 aromatic rings. The Labute approximate surface area is 130 Å². The van der Waals surface area contributed by atoms with E-state index in [0.29, 0.717) is 12.0 Å². The summed E-state index contributed by atoms with van der Waals surface area (Å²) in [6.07, 6.45) is 9.16. The number of rotatable bonds is 4. The Kier molecular flexibility index (Phi) is 5.01. The van der Waals surface area contributed by atoms with Crippen molar-refractivity contribution in [3.63, 3.8) is 0 Å². The van der Waals surface area contributed by atoms with Crippen LogP contribution in [0.4, 0.5) is 0 Å². The number of hydrazine groups is 1. The second-order valence-electron chi connectivity index (χ2n) is 5.26. The largest absolute Gasteiger partial charge is 0.291 e. The number of terminal acetylenes is 1. The molecule has 1 amide bonds. The van der Waals surface area contributed by atoms with Crippen LogP contribution in [0.5, 0.6) is 0 Å². The van der Waals surface area contributed by atoms with Gasteiger partial charge in [0.15, 0.2) is 9.84 Å². The van der Waals surface area contributed by atoms with Crippen LogP contribution >= 0.6 is 0 Å². The molecular formula is C16H18N2O3S. The molecular weight excluding hydrogens is 300 g/mol. The third-order valence-corrected chi connectivity index (χ3v) is 5.10. The molecule has 1 fully saturated rings. The average Bonchev–Trinajstić information content (AvgIpc) is 2.46. The Morgan fingerprint density at radius 1 is 1.41 bits per heavy atom. The number of hydrogen-bond acceptors (Lipinski definition) is 4. The van der Waals surface area contributed by atoms with E-state index in [4.69, 9.17) is 6.42 Å².